The van der Waals surface area contributed by atoms with E-state index in [9.17, 15) is 4.79 Å². The Hall–Kier alpha value is -2.56. The fraction of sp³-hybridized carbons (Fsp3) is 0.0769. The molecular weight excluding hydrogens is 230 g/mol. The van der Waals surface area contributed by atoms with Gasteiger partial charge in [0.15, 0.2) is 0 Å². The van der Waals surface area contributed by atoms with E-state index in [0.29, 0.717) is 5.69 Å². The van der Waals surface area contributed by atoms with E-state index in [4.69, 9.17) is 10.8 Å². The number of hydrogen-bond acceptors (Lipinski definition) is 4. The standard InChI is InChI=1S/C13H13N3O2/c1-16(12-4-2-3-7-15-12)11-6-5-9(13(17)18)8-10(11)14/h2-8H,14H2,1H3,(H,17,18). The summed E-state index contributed by atoms with van der Waals surface area (Å²) in [6, 6.07) is 10.2. The molecular formula is C13H13N3O2. The van der Waals surface area contributed by atoms with Crippen LogP contribution in [0.15, 0.2) is 42.6 Å². The van der Waals surface area contributed by atoms with Gasteiger partial charge in [-0.1, -0.05) is 6.07 Å². The van der Waals surface area contributed by atoms with Gasteiger partial charge in [0.2, 0.25) is 0 Å². The zero-order chi connectivity index (χ0) is 13.1. The van der Waals surface area contributed by atoms with Crippen molar-refractivity contribution >= 4 is 23.2 Å². The van der Waals surface area contributed by atoms with E-state index >= 15 is 0 Å². The zero-order valence-electron chi connectivity index (χ0n) is 9.87. The van der Waals surface area contributed by atoms with Crippen LogP contribution in [0.3, 0.4) is 0 Å². The average Bonchev–Trinajstić information content (AvgIpc) is 2.38. The van der Waals surface area contributed by atoms with E-state index in [-0.39, 0.29) is 5.56 Å². The van der Waals surface area contributed by atoms with Gasteiger partial charge in [0.25, 0.3) is 0 Å². The molecule has 1 aromatic heterocycles. The second-order valence-corrected chi connectivity index (χ2v) is 3.83. The number of nitrogens with two attached hydrogens (primary N) is 1. The first-order valence-corrected chi connectivity index (χ1v) is 5.37. The number of nitrogen functional groups attached to an aromatic ring is 1. The summed E-state index contributed by atoms with van der Waals surface area (Å²) in [4.78, 5) is 16.8. The number of pyridine rings is 1. The molecule has 3 N–H and O–H groups in total. The zero-order valence-corrected chi connectivity index (χ0v) is 9.87. The van der Waals surface area contributed by atoms with E-state index in [1.807, 2.05) is 25.2 Å². The van der Waals surface area contributed by atoms with Crippen molar-refractivity contribution in [1.82, 2.24) is 4.98 Å². The summed E-state index contributed by atoms with van der Waals surface area (Å²) < 4.78 is 0. The Morgan fingerprint density at radius 3 is 2.67 bits per heavy atom. The van der Waals surface area contributed by atoms with Gasteiger partial charge in [-0.15, -0.1) is 0 Å². The molecule has 18 heavy (non-hydrogen) atoms. The molecule has 5 heteroatoms. The molecule has 0 unspecified atom stereocenters. The van der Waals surface area contributed by atoms with Crippen molar-refractivity contribution in [3.05, 3.63) is 48.2 Å². The van der Waals surface area contributed by atoms with Crippen LogP contribution in [0.1, 0.15) is 10.4 Å². The number of hydrogen-bond donors (Lipinski definition) is 2. The van der Waals surface area contributed by atoms with Crippen molar-refractivity contribution in [1.29, 1.82) is 0 Å². The van der Waals surface area contributed by atoms with Gasteiger partial charge in [-0.25, -0.2) is 9.78 Å². The van der Waals surface area contributed by atoms with Gasteiger partial charge in [-0.2, -0.15) is 0 Å². The molecule has 0 aliphatic carbocycles. The molecule has 0 fully saturated rings. The van der Waals surface area contributed by atoms with Crippen molar-refractivity contribution in [2.24, 2.45) is 0 Å². The van der Waals surface area contributed by atoms with Crippen molar-refractivity contribution < 1.29 is 9.90 Å². The lowest BCUT2D eigenvalue weighted by Gasteiger charge is -2.20. The van der Waals surface area contributed by atoms with Gasteiger partial charge in [0.05, 0.1) is 16.9 Å². The van der Waals surface area contributed by atoms with Crippen molar-refractivity contribution in [2.75, 3.05) is 17.7 Å². The third-order valence-electron chi connectivity index (χ3n) is 2.63. The van der Waals surface area contributed by atoms with Crippen LogP contribution in [-0.4, -0.2) is 23.1 Å². The summed E-state index contributed by atoms with van der Waals surface area (Å²) in [7, 11) is 1.83. The highest BCUT2D eigenvalue weighted by molar-refractivity contribution is 5.90. The molecule has 92 valence electrons. The van der Waals surface area contributed by atoms with Crippen molar-refractivity contribution in [3.63, 3.8) is 0 Å². The molecule has 0 spiro atoms. The fourth-order valence-electron chi connectivity index (χ4n) is 1.67. The Labute approximate surface area is 104 Å². The minimum Gasteiger partial charge on any atom is -0.478 e. The first kappa shape index (κ1) is 11.9. The monoisotopic (exact) mass is 243 g/mol. The molecule has 0 amide bonds. The quantitative estimate of drug-likeness (QED) is 0.807. The van der Waals surface area contributed by atoms with E-state index in [1.54, 1.807) is 17.2 Å². The number of aromatic nitrogens is 1. The van der Waals surface area contributed by atoms with Crippen LogP contribution in [0.2, 0.25) is 0 Å². The van der Waals surface area contributed by atoms with Gasteiger partial charge >= 0.3 is 5.97 Å². The summed E-state index contributed by atoms with van der Waals surface area (Å²) in [6.07, 6.45) is 1.69. The molecule has 2 aromatic rings. The highest BCUT2D eigenvalue weighted by atomic mass is 16.4. The predicted octanol–water partition coefficient (Wildman–Crippen LogP) is 2.13. The summed E-state index contributed by atoms with van der Waals surface area (Å²) >= 11 is 0. The maximum Gasteiger partial charge on any atom is 0.335 e. The minimum atomic E-state index is -0.992. The third kappa shape index (κ3) is 2.24. The topological polar surface area (TPSA) is 79.5 Å². The SMILES string of the molecule is CN(c1ccccn1)c1ccc(C(=O)O)cc1N. The highest BCUT2D eigenvalue weighted by Crippen LogP contribution is 2.28. The number of carbonyl (C=O) groups is 1. The van der Waals surface area contributed by atoms with E-state index in [2.05, 4.69) is 4.98 Å². The maximum atomic E-state index is 10.8. The minimum absolute atomic E-state index is 0.172. The lowest BCUT2D eigenvalue weighted by Crippen LogP contribution is -2.13. The Morgan fingerprint density at radius 1 is 1.33 bits per heavy atom. The van der Waals surface area contributed by atoms with Crippen LogP contribution in [0, 0.1) is 0 Å². The lowest BCUT2D eigenvalue weighted by atomic mass is 10.1. The second kappa shape index (κ2) is 4.75. The van der Waals surface area contributed by atoms with E-state index in [1.165, 1.54) is 12.1 Å². The Morgan fingerprint density at radius 2 is 2.11 bits per heavy atom. The molecule has 5 nitrogen and oxygen atoms in total. The molecule has 0 atom stereocenters. The summed E-state index contributed by atoms with van der Waals surface area (Å²) in [6.45, 7) is 0. The van der Waals surface area contributed by atoms with Gasteiger partial charge < -0.3 is 15.7 Å². The Bertz CT molecular complexity index is 570. The van der Waals surface area contributed by atoms with Gasteiger partial charge in [0.1, 0.15) is 5.82 Å². The van der Waals surface area contributed by atoms with Gasteiger partial charge in [0, 0.05) is 13.2 Å². The molecule has 0 saturated carbocycles. The summed E-state index contributed by atoms with van der Waals surface area (Å²) in [5.41, 5.74) is 7.16. The fourth-order valence-corrected chi connectivity index (χ4v) is 1.67. The van der Waals surface area contributed by atoms with E-state index in [0.717, 1.165) is 11.5 Å². The van der Waals surface area contributed by atoms with Crippen LogP contribution >= 0.6 is 0 Å². The lowest BCUT2D eigenvalue weighted by molar-refractivity contribution is 0.0697. The largest absolute Gasteiger partial charge is 0.478 e. The molecule has 0 aliphatic rings. The molecule has 1 heterocycles. The predicted molar refractivity (Wildman–Crippen MR) is 70.1 cm³/mol. The summed E-state index contributed by atoms with van der Waals surface area (Å²) in [5.74, 6) is -0.249. The molecule has 2 rings (SSSR count). The van der Waals surface area contributed by atoms with Crippen LogP contribution in [0.4, 0.5) is 17.2 Å². The van der Waals surface area contributed by atoms with Crippen LogP contribution in [0.25, 0.3) is 0 Å². The Balaban J connectivity index is 2.37. The number of anilines is 3. The first-order chi connectivity index (χ1) is 8.59. The number of aromatic carboxylic acids is 1. The smallest absolute Gasteiger partial charge is 0.335 e. The molecule has 0 saturated heterocycles. The van der Waals surface area contributed by atoms with Crippen molar-refractivity contribution in [2.45, 2.75) is 0 Å². The summed E-state index contributed by atoms with van der Waals surface area (Å²) in [5, 5.41) is 8.87. The number of carboxylic acid groups (broad SMARTS) is 1. The van der Waals surface area contributed by atoms with E-state index < -0.39 is 5.97 Å². The number of rotatable bonds is 3. The third-order valence-corrected chi connectivity index (χ3v) is 2.63. The molecule has 0 radical (unpaired) electrons. The number of benzene rings is 1. The number of carboxylic acids is 1. The highest BCUT2D eigenvalue weighted by Gasteiger charge is 2.11. The average molecular weight is 243 g/mol. The Kier molecular flexibility index (Phi) is 3.14. The number of nitrogens with zero attached hydrogens (tertiary/aromatic N) is 2. The van der Waals surface area contributed by atoms with Crippen molar-refractivity contribution in [3.8, 4) is 0 Å². The van der Waals surface area contributed by atoms with Crippen LogP contribution in [0.5, 0.6) is 0 Å². The molecule has 0 bridgehead atoms. The molecule has 1 aromatic carbocycles. The van der Waals surface area contributed by atoms with Crippen LogP contribution in [-0.2, 0) is 0 Å². The molecule has 0 aliphatic heterocycles. The maximum absolute atomic E-state index is 10.8. The second-order valence-electron chi connectivity index (χ2n) is 3.83. The van der Waals surface area contributed by atoms with Gasteiger partial charge in [-0.3, -0.25) is 0 Å². The normalized spacial score (nSPS) is 10.1. The first-order valence-electron chi connectivity index (χ1n) is 5.37. The van der Waals surface area contributed by atoms with Gasteiger partial charge in [-0.05, 0) is 30.3 Å². The van der Waals surface area contributed by atoms with Crippen LogP contribution < -0.4 is 10.6 Å².